The third kappa shape index (κ3) is 3.29. The van der Waals surface area contributed by atoms with Gasteiger partial charge in [-0.25, -0.2) is 4.39 Å². The van der Waals surface area contributed by atoms with Crippen molar-refractivity contribution in [1.29, 1.82) is 0 Å². The Labute approximate surface area is 103 Å². The molecule has 2 heteroatoms. The highest BCUT2D eigenvalue weighted by molar-refractivity contribution is 5.18. The van der Waals surface area contributed by atoms with Crippen LogP contribution in [0, 0.1) is 11.2 Å². The third-order valence-corrected chi connectivity index (χ3v) is 3.92. The van der Waals surface area contributed by atoms with E-state index in [1.807, 2.05) is 12.1 Å². The van der Waals surface area contributed by atoms with E-state index in [0.29, 0.717) is 11.5 Å². The molecular formula is C15H22FN. The first kappa shape index (κ1) is 12.6. The van der Waals surface area contributed by atoms with Gasteiger partial charge in [0.2, 0.25) is 0 Å². The highest BCUT2D eigenvalue weighted by atomic mass is 19.1. The summed E-state index contributed by atoms with van der Waals surface area (Å²) in [5, 5.41) is 3.53. The molecule has 1 nitrogen and oxygen atoms in total. The highest BCUT2D eigenvalue weighted by Gasteiger charge is 2.31. The van der Waals surface area contributed by atoms with Gasteiger partial charge in [0, 0.05) is 12.6 Å². The molecule has 0 spiro atoms. The van der Waals surface area contributed by atoms with E-state index in [9.17, 15) is 4.39 Å². The minimum absolute atomic E-state index is 0.0870. The Morgan fingerprint density at radius 1 is 1.35 bits per heavy atom. The van der Waals surface area contributed by atoms with E-state index < -0.39 is 0 Å². The monoisotopic (exact) mass is 235 g/mol. The maximum atomic E-state index is 13.5. The van der Waals surface area contributed by atoms with Crippen molar-refractivity contribution in [2.45, 2.75) is 45.6 Å². The number of rotatable bonds is 5. The molecule has 1 aliphatic carbocycles. The molecule has 0 aromatic heterocycles. The molecule has 1 aromatic rings. The predicted octanol–water partition coefficient (Wildman–Crippen LogP) is 3.54. The number of hydrogen-bond donors (Lipinski definition) is 1. The van der Waals surface area contributed by atoms with Gasteiger partial charge in [-0.05, 0) is 43.2 Å². The summed E-state index contributed by atoms with van der Waals surface area (Å²) in [6.45, 7) is 5.52. The SMILES string of the molecule is CC(Cc1ccccc1F)NCC1(C)CCC1. The number of nitrogens with one attached hydrogen (secondary N) is 1. The zero-order valence-electron chi connectivity index (χ0n) is 10.8. The molecule has 0 radical (unpaired) electrons. The first-order chi connectivity index (χ1) is 8.09. The van der Waals surface area contributed by atoms with Crippen molar-refractivity contribution in [3.05, 3.63) is 35.6 Å². The van der Waals surface area contributed by atoms with Crippen molar-refractivity contribution in [2.24, 2.45) is 5.41 Å². The Hall–Kier alpha value is -0.890. The maximum absolute atomic E-state index is 13.5. The molecule has 0 bridgehead atoms. The van der Waals surface area contributed by atoms with Crippen LogP contribution in [-0.4, -0.2) is 12.6 Å². The molecule has 1 aromatic carbocycles. The lowest BCUT2D eigenvalue weighted by Gasteiger charge is -2.39. The van der Waals surface area contributed by atoms with Gasteiger partial charge in [-0.3, -0.25) is 0 Å². The minimum atomic E-state index is -0.0870. The summed E-state index contributed by atoms with van der Waals surface area (Å²) in [6.07, 6.45) is 4.78. The van der Waals surface area contributed by atoms with E-state index in [0.717, 1.165) is 18.5 Å². The van der Waals surface area contributed by atoms with Crippen LogP contribution < -0.4 is 5.32 Å². The fourth-order valence-electron chi connectivity index (χ4n) is 2.44. The molecule has 1 atom stereocenters. The Morgan fingerprint density at radius 3 is 2.65 bits per heavy atom. The van der Waals surface area contributed by atoms with Gasteiger partial charge in [0.1, 0.15) is 5.82 Å². The van der Waals surface area contributed by atoms with Gasteiger partial charge in [0.25, 0.3) is 0 Å². The maximum Gasteiger partial charge on any atom is 0.126 e. The Balaban J connectivity index is 1.81. The smallest absolute Gasteiger partial charge is 0.126 e. The van der Waals surface area contributed by atoms with Gasteiger partial charge in [-0.1, -0.05) is 31.5 Å². The lowest BCUT2D eigenvalue weighted by atomic mass is 9.70. The fourth-order valence-corrected chi connectivity index (χ4v) is 2.44. The van der Waals surface area contributed by atoms with Crippen LogP contribution in [0.4, 0.5) is 4.39 Å². The highest BCUT2D eigenvalue weighted by Crippen LogP contribution is 2.39. The van der Waals surface area contributed by atoms with Crippen LogP contribution in [-0.2, 0) is 6.42 Å². The van der Waals surface area contributed by atoms with Crippen LogP contribution in [0.2, 0.25) is 0 Å². The molecule has 0 heterocycles. The molecule has 1 aliphatic rings. The summed E-state index contributed by atoms with van der Waals surface area (Å²) >= 11 is 0. The molecule has 1 unspecified atom stereocenters. The number of halogens is 1. The van der Waals surface area contributed by atoms with Gasteiger partial charge in [-0.15, -0.1) is 0 Å². The summed E-state index contributed by atoms with van der Waals surface area (Å²) in [6, 6.07) is 7.39. The molecule has 1 fully saturated rings. The lowest BCUT2D eigenvalue weighted by Crippen LogP contribution is -2.41. The lowest BCUT2D eigenvalue weighted by molar-refractivity contribution is 0.151. The molecule has 1 N–H and O–H groups in total. The van der Waals surface area contributed by atoms with Crippen LogP contribution in [0.1, 0.15) is 38.7 Å². The van der Waals surface area contributed by atoms with E-state index in [1.165, 1.54) is 25.3 Å². The minimum Gasteiger partial charge on any atom is -0.313 e. The third-order valence-electron chi connectivity index (χ3n) is 3.92. The summed E-state index contributed by atoms with van der Waals surface area (Å²) in [4.78, 5) is 0. The fraction of sp³-hybridized carbons (Fsp3) is 0.600. The van der Waals surface area contributed by atoms with Gasteiger partial charge in [0.05, 0.1) is 0 Å². The standard InChI is InChI=1S/C15H22FN/c1-12(17-11-15(2)8-5-9-15)10-13-6-3-4-7-14(13)16/h3-4,6-7,12,17H,5,8-11H2,1-2H3. The molecule has 94 valence electrons. The summed E-state index contributed by atoms with van der Waals surface area (Å²) in [5.41, 5.74) is 1.30. The molecular weight excluding hydrogens is 213 g/mol. The Bertz CT molecular complexity index is 371. The first-order valence-corrected chi connectivity index (χ1v) is 6.56. The molecule has 0 amide bonds. The Morgan fingerprint density at radius 2 is 2.06 bits per heavy atom. The van der Waals surface area contributed by atoms with Crippen molar-refractivity contribution in [1.82, 2.24) is 5.32 Å². The van der Waals surface area contributed by atoms with Crippen LogP contribution >= 0.6 is 0 Å². The Kier molecular flexibility index (Phi) is 3.82. The van der Waals surface area contributed by atoms with Gasteiger partial charge >= 0.3 is 0 Å². The second kappa shape index (κ2) is 5.18. The second-order valence-electron chi connectivity index (χ2n) is 5.74. The topological polar surface area (TPSA) is 12.0 Å². The quantitative estimate of drug-likeness (QED) is 0.823. The van der Waals surface area contributed by atoms with E-state index in [2.05, 4.69) is 19.2 Å². The molecule has 17 heavy (non-hydrogen) atoms. The van der Waals surface area contributed by atoms with E-state index >= 15 is 0 Å². The van der Waals surface area contributed by atoms with Crippen LogP contribution in [0.3, 0.4) is 0 Å². The first-order valence-electron chi connectivity index (χ1n) is 6.56. The zero-order valence-corrected chi connectivity index (χ0v) is 10.8. The average Bonchev–Trinajstić information content (AvgIpc) is 2.27. The summed E-state index contributed by atoms with van der Waals surface area (Å²) in [7, 11) is 0. The van der Waals surface area contributed by atoms with E-state index in [-0.39, 0.29) is 5.82 Å². The summed E-state index contributed by atoms with van der Waals surface area (Å²) in [5.74, 6) is -0.0870. The molecule has 2 rings (SSSR count). The predicted molar refractivity (Wildman–Crippen MR) is 69.5 cm³/mol. The second-order valence-corrected chi connectivity index (χ2v) is 5.74. The van der Waals surface area contributed by atoms with Crippen molar-refractivity contribution in [2.75, 3.05) is 6.54 Å². The van der Waals surface area contributed by atoms with Gasteiger partial charge in [-0.2, -0.15) is 0 Å². The summed E-state index contributed by atoms with van der Waals surface area (Å²) < 4.78 is 13.5. The molecule has 0 aliphatic heterocycles. The zero-order chi connectivity index (χ0) is 12.3. The van der Waals surface area contributed by atoms with Crippen molar-refractivity contribution in [3.8, 4) is 0 Å². The van der Waals surface area contributed by atoms with E-state index in [1.54, 1.807) is 6.07 Å². The molecule has 1 saturated carbocycles. The van der Waals surface area contributed by atoms with E-state index in [4.69, 9.17) is 0 Å². The number of benzene rings is 1. The van der Waals surface area contributed by atoms with Crippen LogP contribution in [0.5, 0.6) is 0 Å². The van der Waals surface area contributed by atoms with Gasteiger partial charge in [0.15, 0.2) is 0 Å². The van der Waals surface area contributed by atoms with Crippen molar-refractivity contribution >= 4 is 0 Å². The molecule has 0 saturated heterocycles. The normalized spacial score (nSPS) is 19.7. The van der Waals surface area contributed by atoms with Crippen molar-refractivity contribution < 1.29 is 4.39 Å². The van der Waals surface area contributed by atoms with Crippen molar-refractivity contribution in [3.63, 3.8) is 0 Å². The van der Waals surface area contributed by atoms with Crippen LogP contribution in [0.25, 0.3) is 0 Å². The van der Waals surface area contributed by atoms with Crippen LogP contribution in [0.15, 0.2) is 24.3 Å². The van der Waals surface area contributed by atoms with Gasteiger partial charge < -0.3 is 5.32 Å². The number of hydrogen-bond acceptors (Lipinski definition) is 1. The largest absolute Gasteiger partial charge is 0.313 e. The average molecular weight is 235 g/mol.